The van der Waals surface area contributed by atoms with Crippen LogP contribution in [0.2, 0.25) is 0 Å². The van der Waals surface area contributed by atoms with Crippen molar-refractivity contribution in [1.82, 2.24) is 5.43 Å². The van der Waals surface area contributed by atoms with Crippen LogP contribution in [0.25, 0.3) is 0 Å². The molecule has 0 saturated carbocycles. The van der Waals surface area contributed by atoms with Crippen molar-refractivity contribution in [2.75, 3.05) is 5.32 Å². The van der Waals surface area contributed by atoms with Crippen molar-refractivity contribution >= 4 is 23.2 Å². The van der Waals surface area contributed by atoms with E-state index in [-0.39, 0.29) is 24.0 Å². The lowest BCUT2D eigenvalue weighted by molar-refractivity contribution is -0.120. The highest BCUT2D eigenvalue weighted by atomic mass is 16.5. The molecule has 0 radical (unpaired) electrons. The maximum Gasteiger partial charge on any atom is 0.291 e. The summed E-state index contributed by atoms with van der Waals surface area (Å²) in [6.45, 7) is 1.85. The summed E-state index contributed by atoms with van der Waals surface area (Å²) in [7, 11) is 0. The second-order valence-electron chi connectivity index (χ2n) is 8.86. The normalized spacial score (nSPS) is 13.6. The third-order valence-corrected chi connectivity index (χ3v) is 6.15. The number of amides is 2. The standard InChI is InChI=1S/C30H27N3O4/c1-20-28-25(32-33-27(34)19-21-9-4-2-5-10-21)13-8-14-26(28)37-29(20)30(35)31-22-15-17-24(18-16-22)36-23-11-6-3-7-12-23/h2-7,9-12,15-18H,8,13-14,19H2,1H3,(H,31,35)(H,33,34)/b32-25+. The molecule has 0 fully saturated rings. The quantitative estimate of drug-likeness (QED) is 0.307. The van der Waals surface area contributed by atoms with Gasteiger partial charge < -0.3 is 14.5 Å². The number of aryl methyl sites for hydroxylation is 1. The summed E-state index contributed by atoms with van der Waals surface area (Å²) in [6, 6.07) is 26.2. The number of carbonyl (C=O) groups is 2. The van der Waals surface area contributed by atoms with Crippen molar-refractivity contribution in [3.05, 3.63) is 113 Å². The third-order valence-electron chi connectivity index (χ3n) is 6.15. The Bertz CT molecular complexity index is 1430. The van der Waals surface area contributed by atoms with Gasteiger partial charge in [-0.05, 0) is 61.7 Å². The topological polar surface area (TPSA) is 92.9 Å². The molecule has 1 aromatic heterocycles. The number of nitrogens with zero attached hydrogens (tertiary/aromatic N) is 1. The zero-order valence-electron chi connectivity index (χ0n) is 20.5. The molecule has 2 amide bonds. The van der Waals surface area contributed by atoms with E-state index in [1.54, 1.807) is 24.3 Å². The molecule has 0 saturated heterocycles. The zero-order valence-corrected chi connectivity index (χ0v) is 20.5. The predicted molar refractivity (Wildman–Crippen MR) is 142 cm³/mol. The van der Waals surface area contributed by atoms with E-state index in [0.29, 0.717) is 29.8 Å². The predicted octanol–water partition coefficient (Wildman–Crippen LogP) is 6.03. The van der Waals surface area contributed by atoms with Crippen LogP contribution in [0, 0.1) is 6.92 Å². The van der Waals surface area contributed by atoms with E-state index in [0.717, 1.165) is 34.8 Å². The number of para-hydroxylation sites is 1. The van der Waals surface area contributed by atoms with Crippen molar-refractivity contribution in [2.45, 2.75) is 32.6 Å². The second-order valence-corrected chi connectivity index (χ2v) is 8.86. The molecule has 0 spiro atoms. The van der Waals surface area contributed by atoms with Crippen molar-refractivity contribution in [1.29, 1.82) is 0 Å². The van der Waals surface area contributed by atoms with E-state index in [4.69, 9.17) is 9.15 Å². The molecule has 0 unspecified atom stereocenters. The molecule has 186 valence electrons. The fourth-order valence-corrected chi connectivity index (χ4v) is 4.37. The van der Waals surface area contributed by atoms with Crippen molar-refractivity contribution in [2.24, 2.45) is 5.10 Å². The first kappa shape index (κ1) is 24.1. The van der Waals surface area contributed by atoms with Gasteiger partial charge in [-0.25, -0.2) is 5.43 Å². The molecular weight excluding hydrogens is 466 g/mol. The van der Waals surface area contributed by atoms with E-state index in [9.17, 15) is 9.59 Å². The van der Waals surface area contributed by atoms with Crippen LogP contribution in [0.4, 0.5) is 5.69 Å². The number of hydrogen-bond donors (Lipinski definition) is 2. The van der Waals surface area contributed by atoms with Gasteiger partial charge >= 0.3 is 0 Å². The fraction of sp³-hybridized carbons (Fsp3) is 0.167. The van der Waals surface area contributed by atoms with Crippen LogP contribution in [0.1, 0.15) is 45.8 Å². The van der Waals surface area contributed by atoms with Gasteiger partial charge in [0.1, 0.15) is 17.3 Å². The lowest BCUT2D eigenvalue weighted by atomic mass is 9.93. The molecule has 7 heteroatoms. The highest BCUT2D eigenvalue weighted by molar-refractivity contribution is 6.09. The lowest BCUT2D eigenvalue weighted by Crippen LogP contribution is -2.23. The minimum Gasteiger partial charge on any atom is -0.457 e. The van der Waals surface area contributed by atoms with E-state index in [1.807, 2.05) is 67.6 Å². The highest BCUT2D eigenvalue weighted by Gasteiger charge is 2.28. The fourth-order valence-electron chi connectivity index (χ4n) is 4.37. The Kier molecular flexibility index (Phi) is 7.12. The summed E-state index contributed by atoms with van der Waals surface area (Å²) in [5.41, 5.74) is 6.46. The number of hydrazone groups is 1. The van der Waals surface area contributed by atoms with Crippen molar-refractivity contribution in [3.63, 3.8) is 0 Å². The zero-order chi connectivity index (χ0) is 25.6. The first-order valence-electron chi connectivity index (χ1n) is 12.2. The number of rotatable bonds is 7. The van der Waals surface area contributed by atoms with Crippen molar-refractivity contribution in [3.8, 4) is 11.5 Å². The second kappa shape index (κ2) is 11.0. The van der Waals surface area contributed by atoms with Crippen LogP contribution in [0.3, 0.4) is 0 Å². The van der Waals surface area contributed by atoms with Gasteiger partial charge in [-0.3, -0.25) is 9.59 Å². The first-order chi connectivity index (χ1) is 18.1. The van der Waals surface area contributed by atoms with Gasteiger partial charge in [-0.1, -0.05) is 48.5 Å². The van der Waals surface area contributed by atoms with Gasteiger partial charge in [-0.2, -0.15) is 5.10 Å². The van der Waals surface area contributed by atoms with Crippen LogP contribution in [0.15, 0.2) is 94.4 Å². The smallest absolute Gasteiger partial charge is 0.291 e. The van der Waals surface area contributed by atoms with Gasteiger partial charge in [0.15, 0.2) is 5.76 Å². The summed E-state index contributed by atoms with van der Waals surface area (Å²) < 4.78 is 11.8. The van der Waals surface area contributed by atoms with E-state index >= 15 is 0 Å². The third kappa shape index (κ3) is 5.78. The average molecular weight is 494 g/mol. The average Bonchev–Trinajstić information content (AvgIpc) is 3.27. The molecule has 0 aliphatic heterocycles. The number of anilines is 1. The van der Waals surface area contributed by atoms with Crippen LogP contribution >= 0.6 is 0 Å². The number of hydrogen-bond acceptors (Lipinski definition) is 5. The SMILES string of the molecule is Cc1c(C(=O)Nc2ccc(Oc3ccccc3)cc2)oc2c1/C(=N/NC(=O)Cc1ccccc1)CCC2. The Morgan fingerprint density at radius 2 is 1.57 bits per heavy atom. The maximum absolute atomic E-state index is 13.1. The molecule has 5 rings (SSSR count). The Morgan fingerprint density at radius 3 is 2.30 bits per heavy atom. The maximum atomic E-state index is 13.1. The minimum atomic E-state index is -0.337. The monoisotopic (exact) mass is 493 g/mol. The van der Waals surface area contributed by atoms with Gasteiger partial charge in [0, 0.05) is 23.2 Å². The molecule has 1 aliphatic carbocycles. The molecule has 37 heavy (non-hydrogen) atoms. The molecule has 7 nitrogen and oxygen atoms in total. The highest BCUT2D eigenvalue weighted by Crippen LogP contribution is 2.30. The lowest BCUT2D eigenvalue weighted by Gasteiger charge is -2.13. The number of fused-ring (bicyclic) bond motifs is 1. The van der Waals surface area contributed by atoms with Crippen LogP contribution in [-0.2, 0) is 17.6 Å². The molecule has 4 aromatic rings. The van der Waals surface area contributed by atoms with Gasteiger partial charge in [0.05, 0.1) is 12.1 Å². The Hall–Kier alpha value is -4.65. The molecule has 1 aliphatic rings. The number of benzene rings is 3. The summed E-state index contributed by atoms with van der Waals surface area (Å²) >= 11 is 0. The van der Waals surface area contributed by atoms with Gasteiger partial charge in [0.25, 0.3) is 5.91 Å². The summed E-state index contributed by atoms with van der Waals surface area (Å²) in [6.07, 6.45) is 2.49. The Balaban J connectivity index is 1.26. The van der Waals surface area contributed by atoms with Crippen LogP contribution in [0.5, 0.6) is 11.5 Å². The summed E-state index contributed by atoms with van der Waals surface area (Å²) in [5, 5.41) is 7.29. The van der Waals surface area contributed by atoms with Gasteiger partial charge in [-0.15, -0.1) is 0 Å². The molecule has 3 aromatic carbocycles. The number of ether oxygens (including phenoxy) is 1. The molecule has 1 heterocycles. The number of nitrogens with one attached hydrogen (secondary N) is 2. The molecule has 2 N–H and O–H groups in total. The van der Waals surface area contributed by atoms with Gasteiger partial charge in [0.2, 0.25) is 5.91 Å². The summed E-state index contributed by atoms with van der Waals surface area (Å²) in [5.74, 6) is 1.85. The number of furan rings is 1. The molecular formula is C30H27N3O4. The Morgan fingerprint density at radius 1 is 0.892 bits per heavy atom. The number of carbonyl (C=O) groups excluding carboxylic acids is 2. The largest absolute Gasteiger partial charge is 0.457 e. The van der Waals surface area contributed by atoms with Crippen LogP contribution < -0.4 is 15.5 Å². The van der Waals surface area contributed by atoms with Crippen molar-refractivity contribution < 1.29 is 18.7 Å². The summed E-state index contributed by atoms with van der Waals surface area (Å²) in [4.78, 5) is 25.4. The molecule has 0 bridgehead atoms. The Labute approximate surface area is 215 Å². The minimum absolute atomic E-state index is 0.190. The molecule has 0 atom stereocenters. The first-order valence-corrected chi connectivity index (χ1v) is 12.2. The van der Waals surface area contributed by atoms with E-state index in [1.165, 1.54) is 0 Å². The van der Waals surface area contributed by atoms with Crippen LogP contribution in [-0.4, -0.2) is 17.5 Å². The van der Waals surface area contributed by atoms with E-state index < -0.39 is 0 Å². The van der Waals surface area contributed by atoms with E-state index in [2.05, 4.69) is 15.8 Å².